The summed E-state index contributed by atoms with van der Waals surface area (Å²) >= 11 is 1.04. The molecule has 0 aliphatic rings. The van der Waals surface area contributed by atoms with Crippen LogP contribution in [0, 0.1) is 5.13 Å². The number of aromatic nitrogens is 7. The van der Waals surface area contributed by atoms with E-state index in [0.29, 0.717) is 28.4 Å². The summed E-state index contributed by atoms with van der Waals surface area (Å²) in [7, 11) is 3.96. The van der Waals surface area contributed by atoms with Crippen molar-refractivity contribution in [2.45, 2.75) is 0 Å². The van der Waals surface area contributed by atoms with Gasteiger partial charge in [-0.15, -0.1) is 11.3 Å². The maximum absolute atomic E-state index is 13.6. The summed E-state index contributed by atoms with van der Waals surface area (Å²) in [5, 5.41) is 8.02. The Bertz CT molecular complexity index is 1630. The quantitative estimate of drug-likeness (QED) is 0.392. The molecule has 33 heavy (non-hydrogen) atoms. The predicted octanol–water partition coefficient (Wildman–Crippen LogP) is 4.89. The van der Waals surface area contributed by atoms with Gasteiger partial charge in [-0.05, 0) is 30.3 Å². The van der Waals surface area contributed by atoms with E-state index in [1.165, 1.54) is 6.07 Å². The minimum Gasteiger partial charge on any atom is -0.376 e. The summed E-state index contributed by atoms with van der Waals surface area (Å²) in [6, 6.07) is 9.08. The van der Waals surface area contributed by atoms with Crippen LogP contribution in [0.1, 0.15) is 0 Å². The molecule has 162 valence electrons. The van der Waals surface area contributed by atoms with Gasteiger partial charge in [0.1, 0.15) is 16.9 Å². The summed E-state index contributed by atoms with van der Waals surface area (Å²) in [4.78, 5) is 24.2. The number of anilines is 1. The van der Waals surface area contributed by atoms with Gasteiger partial charge in [0.05, 0.1) is 27.7 Å². The van der Waals surface area contributed by atoms with E-state index < -0.39 is 0 Å². The van der Waals surface area contributed by atoms with Crippen molar-refractivity contribution in [2.75, 3.05) is 19.0 Å². The largest absolute Gasteiger partial charge is 0.376 e. The van der Waals surface area contributed by atoms with E-state index in [1.54, 1.807) is 18.5 Å². The first-order valence-electron chi connectivity index (χ1n) is 10.1. The van der Waals surface area contributed by atoms with Gasteiger partial charge < -0.3 is 9.88 Å². The van der Waals surface area contributed by atoms with E-state index in [9.17, 15) is 4.39 Å². The molecule has 10 heteroatoms. The van der Waals surface area contributed by atoms with Crippen molar-refractivity contribution >= 4 is 39.1 Å². The van der Waals surface area contributed by atoms with Crippen LogP contribution in [0.5, 0.6) is 0 Å². The second-order valence-corrected chi connectivity index (χ2v) is 8.80. The predicted molar refractivity (Wildman–Crippen MR) is 128 cm³/mol. The molecule has 6 aromatic heterocycles. The topological polar surface area (TPSA) is 99.3 Å². The number of H-pyrrole nitrogens is 2. The molecule has 0 aromatic carbocycles. The van der Waals surface area contributed by atoms with Gasteiger partial charge >= 0.3 is 0 Å². The zero-order valence-corrected chi connectivity index (χ0v) is 18.5. The van der Waals surface area contributed by atoms with E-state index in [4.69, 9.17) is 4.98 Å². The van der Waals surface area contributed by atoms with E-state index in [0.717, 1.165) is 43.9 Å². The number of rotatable bonds is 4. The molecule has 0 saturated heterocycles. The minimum absolute atomic E-state index is 0.260. The molecule has 0 aliphatic heterocycles. The zero-order chi connectivity index (χ0) is 22.5. The molecule has 8 nitrogen and oxygen atoms in total. The standard InChI is InChI=1S/C23H17FN8S/c1-32(2)14-7-12(9-25-11-14)13-8-15-19(30-31-22(15)27-10-13)23-28-16-5-6-26-21(20(16)29-23)17-3-4-18(24)33-17/h3-11H,1-2H3,(H,28,29)(H,27,30,31). The molecule has 0 unspecified atom stereocenters. The highest BCUT2D eigenvalue weighted by Crippen LogP contribution is 2.33. The van der Waals surface area contributed by atoms with Gasteiger partial charge in [0, 0.05) is 43.8 Å². The normalized spacial score (nSPS) is 11.5. The van der Waals surface area contributed by atoms with Gasteiger partial charge in [0.25, 0.3) is 0 Å². The molecule has 0 bridgehead atoms. The van der Waals surface area contributed by atoms with Crippen LogP contribution in [0.3, 0.4) is 0 Å². The van der Waals surface area contributed by atoms with Crippen molar-refractivity contribution in [2.24, 2.45) is 0 Å². The van der Waals surface area contributed by atoms with Crippen molar-refractivity contribution in [1.82, 2.24) is 35.1 Å². The molecule has 0 spiro atoms. The average molecular weight is 457 g/mol. The minimum atomic E-state index is -0.260. The smallest absolute Gasteiger partial charge is 0.177 e. The molecule has 0 fully saturated rings. The average Bonchev–Trinajstić information content (AvgIpc) is 3.55. The van der Waals surface area contributed by atoms with Crippen molar-refractivity contribution in [1.29, 1.82) is 0 Å². The maximum atomic E-state index is 13.6. The second kappa shape index (κ2) is 7.45. The Morgan fingerprint density at radius 2 is 1.85 bits per heavy atom. The van der Waals surface area contributed by atoms with Crippen LogP contribution in [0.2, 0.25) is 0 Å². The number of thiophene rings is 1. The SMILES string of the molecule is CN(C)c1cncc(-c2cnc3[nH]nc(-c4nc5c(-c6ccc(F)s6)nccc5[nH]4)c3c2)c1. The van der Waals surface area contributed by atoms with E-state index in [-0.39, 0.29) is 5.13 Å². The maximum Gasteiger partial charge on any atom is 0.177 e. The fraction of sp³-hybridized carbons (Fsp3) is 0.0870. The number of nitrogens with one attached hydrogen (secondary N) is 2. The molecule has 6 rings (SSSR count). The van der Waals surface area contributed by atoms with Crippen molar-refractivity contribution in [3.63, 3.8) is 0 Å². The Kier molecular flexibility index (Phi) is 4.40. The van der Waals surface area contributed by atoms with Crippen molar-refractivity contribution in [3.8, 4) is 33.2 Å². The zero-order valence-electron chi connectivity index (χ0n) is 17.7. The molecule has 0 radical (unpaired) electrons. The summed E-state index contributed by atoms with van der Waals surface area (Å²) in [5.41, 5.74) is 6.29. The summed E-state index contributed by atoms with van der Waals surface area (Å²) < 4.78 is 13.6. The number of imidazole rings is 1. The van der Waals surface area contributed by atoms with E-state index in [1.807, 2.05) is 43.5 Å². The van der Waals surface area contributed by atoms with Gasteiger partial charge in [-0.25, -0.2) is 9.97 Å². The Balaban J connectivity index is 1.48. The Labute approximate surface area is 191 Å². The highest BCUT2D eigenvalue weighted by Gasteiger charge is 2.18. The lowest BCUT2D eigenvalue weighted by atomic mass is 10.1. The van der Waals surface area contributed by atoms with E-state index in [2.05, 4.69) is 36.2 Å². The Morgan fingerprint density at radius 1 is 0.970 bits per heavy atom. The third kappa shape index (κ3) is 3.31. The second-order valence-electron chi connectivity index (χ2n) is 7.76. The third-order valence-electron chi connectivity index (χ3n) is 5.42. The molecule has 6 heterocycles. The van der Waals surface area contributed by atoms with E-state index >= 15 is 0 Å². The van der Waals surface area contributed by atoms with Crippen molar-refractivity contribution < 1.29 is 4.39 Å². The fourth-order valence-electron chi connectivity index (χ4n) is 3.74. The monoisotopic (exact) mass is 456 g/mol. The van der Waals surface area contributed by atoms with Crippen molar-refractivity contribution in [3.05, 3.63) is 60.3 Å². The van der Waals surface area contributed by atoms with Crippen LogP contribution in [0.15, 0.2) is 55.1 Å². The van der Waals surface area contributed by atoms with Gasteiger partial charge in [-0.2, -0.15) is 9.49 Å². The van der Waals surface area contributed by atoms with Crippen LogP contribution in [0.25, 0.3) is 55.3 Å². The Morgan fingerprint density at radius 3 is 2.67 bits per heavy atom. The third-order valence-corrected chi connectivity index (χ3v) is 6.30. The summed E-state index contributed by atoms with van der Waals surface area (Å²) in [5.74, 6) is 0.585. The van der Waals surface area contributed by atoms with Gasteiger partial charge in [0.2, 0.25) is 0 Å². The number of hydrogen-bond acceptors (Lipinski definition) is 7. The summed E-state index contributed by atoms with van der Waals surface area (Å²) in [6.45, 7) is 0. The highest BCUT2D eigenvalue weighted by atomic mass is 32.1. The van der Waals surface area contributed by atoms with Crippen LogP contribution >= 0.6 is 11.3 Å². The molecule has 6 aromatic rings. The first-order chi connectivity index (χ1) is 16.1. The lowest BCUT2D eigenvalue weighted by Crippen LogP contribution is -2.08. The first kappa shape index (κ1) is 19.5. The molecular formula is C23H17FN8S. The lowest BCUT2D eigenvalue weighted by molar-refractivity contribution is 0.657. The Hall–Kier alpha value is -4.18. The molecule has 0 atom stereocenters. The van der Waals surface area contributed by atoms with Crippen LogP contribution in [-0.2, 0) is 0 Å². The number of hydrogen-bond donors (Lipinski definition) is 2. The molecule has 2 N–H and O–H groups in total. The number of fused-ring (bicyclic) bond motifs is 2. The number of nitrogens with zero attached hydrogens (tertiary/aromatic N) is 6. The van der Waals surface area contributed by atoms with Crippen LogP contribution in [-0.4, -0.2) is 49.2 Å². The van der Waals surface area contributed by atoms with Gasteiger partial charge in [-0.3, -0.25) is 15.1 Å². The van der Waals surface area contributed by atoms with Gasteiger partial charge in [-0.1, -0.05) is 0 Å². The highest BCUT2D eigenvalue weighted by molar-refractivity contribution is 7.13. The first-order valence-corrected chi connectivity index (χ1v) is 11.0. The van der Waals surface area contributed by atoms with Crippen LogP contribution < -0.4 is 4.90 Å². The van der Waals surface area contributed by atoms with Crippen LogP contribution in [0.4, 0.5) is 10.1 Å². The number of pyridine rings is 3. The molecule has 0 saturated carbocycles. The molecule has 0 amide bonds. The number of aromatic amines is 2. The summed E-state index contributed by atoms with van der Waals surface area (Å²) in [6.07, 6.45) is 7.12. The fourth-order valence-corrected chi connectivity index (χ4v) is 4.47. The number of halogens is 1. The molecular weight excluding hydrogens is 439 g/mol. The lowest BCUT2D eigenvalue weighted by Gasteiger charge is -2.12. The van der Waals surface area contributed by atoms with Gasteiger partial charge in [0.15, 0.2) is 16.6 Å². The molecule has 0 aliphatic carbocycles.